The van der Waals surface area contributed by atoms with Gasteiger partial charge in [0, 0.05) is 31.1 Å². The number of hydrogen-bond donors (Lipinski definition) is 2. The molecule has 1 aromatic heterocycles. The van der Waals surface area contributed by atoms with Crippen LogP contribution >= 0.6 is 0 Å². The van der Waals surface area contributed by atoms with Gasteiger partial charge >= 0.3 is 0 Å². The average Bonchev–Trinajstić information content (AvgIpc) is 3.14. The SMILES string of the molecule is CC(C)N1CCC(CNc2cc(N)nc(C3CC3)n2)C1. The Morgan fingerprint density at radius 3 is 2.80 bits per heavy atom. The second kappa shape index (κ2) is 5.56. The van der Waals surface area contributed by atoms with E-state index in [9.17, 15) is 0 Å². The van der Waals surface area contributed by atoms with Gasteiger partial charge in [-0.1, -0.05) is 0 Å². The second-order valence-corrected chi connectivity index (χ2v) is 6.43. The fourth-order valence-electron chi connectivity index (χ4n) is 2.85. The molecule has 2 heterocycles. The predicted octanol–water partition coefficient (Wildman–Crippen LogP) is 2.08. The maximum atomic E-state index is 5.87. The Labute approximate surface area is 121 Å². The van der Waals surface area contributed by atoms with Crippen molar-refractivity contribution in [1.82, 2.24) is 14.9 Å². The zero-order valence-electron chi connectivity index (χ0n) is 12.5. The Morgan fingerprint density at radius 1 is 1.35 bits per heavy atom. The summed E-state index contributed by atoms with van der Waals surface area (Å²) in [6, 6.07) is 2.50. The summed E-state index contributed by atoms with van der Waals surface area (Å²) < 4.78 is 0. The minimum absolute atomic E-state index is 0.543. The fourth-order valence-corrected chi connectivity index (χ4v) is 2.85. The molecule has 0 radical (unpaired) electrons. The quantitative estimate of drug-likeness (QED) is 0.861. The standard InChI is InChI=1S/C15H25N5/c1-10(2)20-6-5-11(9-20)8-17-14-7-13(16)18-15(19-14)12-3-4-12/h7,10-12H,3-6,8-9H2,1-2H3,(H3,16,17,18,19). The first-order valence-electron chi connectivity index (χ1n) is 7.74. The van der Waals surface area contributed by atoms with Crippen LogP contribution in [0, 0.1) is 5.92 Å². The second-order valence-electron chi connectivity index (χ2n) is 6.43. The molecule has 1 saturated heterocycles. The monoisotopic (exact) mass is 275 g/mol. The Kier molecular flexibility index (Phi) is 3.78. The molecule has 3 N–H and O–H groups in total. The zero-order valence-corrected chi connectivity index (χ0v) is 12.5. The predicted molar refractivity (Wildman–Crippen MR) is 81.7 cm³/mol. The molecule has 110 valence electrons. The smallest absolute Gasteiger partial charge is 0.136 e. The van der Waals surface area contributed by atoms with E-state index in [1.165, 1.54) is 32.4 Å². The van der Waals surface area contributed by atoms with Gasteiger partial charge in [0.25, 0.3) is 0 Å². The van der Waals surface area contributed by atoms with Crippen molar-refractivity contribution in [3.8, 4) is 0 Å². The first kappa shape index (κ1) is 13.6. The van der Waals surface area contributed by atoms with Gasteiger partial charge in [0.2, 0.25) is 0 Å². The molecule has 1 aliphatic heterocycles. The van der Waals surface area contributed by atoms with Crippen molar-refractivity contribution < 1.29 is 0 Å². The van der Waals surface area contributed by atoms with Crippen LogP contribution in [0.15, 0.2) is 6.07 Å². The largest absolute Gasteiger partial charge is 0.384 e. The summed E-state index contributed by atoms with van der Waals surface area (Å²) in [7, 11) is 0. The van der Waals surface area contributed by atoms with Crippen molar-refractivity contribution in [2.24, 2.45) is 5.92 Å². The van der Waals surface area contributed by atoms with Crippen molar-refractivity contribution in [3.63, 3.8) is 0 Å². The van der Waals surface area contributed by atoms with Crippen molar-refractivity contribution in [3.05, 3.63) is 11.9 Å². The highest BCUT2D eigenvalue weighted by Crippen LogP contribution is 2.38. The van der Waals surface area contributed by atoms with E-state index in [4.69, 9.17) is 5.73 Å². The van der Waals surface area contributed by atoms with Gasteiger partial charge < -0.3 is 16.0 Å². The summed E-state index contributed by atoms with van der Waals surface area (Å²) in [5.41, 5.74) is 5.87. The number of nitrogens with zero attached hydrogens (tertiary/aromatic N) is 3. The summed E-state index contributed by atoms with van der Waals surface area (Å²) >= 11 is 0. The Balaban J connectivity index is 1.56. The summed E-state index contributed by atoms with van der Waals surface area (Å²) in [4.78, 5) is 11.5. The van der Waals surface area contributed by atoms with Gasteiger partial charge in [-0.05, 0) is 45.6 Å². The van der Waals surface area contributed by atoms with Crippen LogP contribution in [0.1, 0.15) is 44.9 Å². The lowest BCUT2D eigenvalue weighted by Crippen LogP contribution is -2.29. The molecular weight excluding hydrogens is 250 g/mol. The first-order valence-corrected chi connectivity index (χ1v) is 7.74. The van der Waals surface area contributed by atoms with Gasteiger partial charge in [0.05, 0.1) is 0 Å². The molecule has 1 saturated carbocycles. The van der Waals surface area contributed by atoms with Crippen molar-refractivity contribution >= 4 is 11.6 Å². The summed E-state index contributed by atoms with van der Waals surface area (Å²) in [6.07, 6.45) is 3.67. The molecule has 0 aromatic carbocycles. The number of likely N-dealkylation sites (tertiary alicyclic amines) is 1. The van der Waals surface area contributed by atoms with Crippen LogP contribution in [-0.4, -0.2) is 40.5 Å². The third-order valence-corrected chi connectivity index (χ3v) is 4.33. The number of nitrogen functional groups attached to an aromatic ring is 1. The minimum atomic E-state index is 0.543. The third kappa shape index (κ3) is 3.20. The van der Waals surface area contributed by atoms with Gasteiger partial charge in [-0.15, -0.1) is 0 Å². The Morgan fingerprint density at radius 2 is 2.15 bits per heavy atom. The molecule has 0 spiro atoms. The van der Waals surface area contributed by atoms with Gasteiger partial charge in [0.1, 0.15) is 17.5 Å². The molecule has 0 bridgehead atoms. The normalized spacial score (nSPS) is 23.4. The Hall–Kier alpha value is -1.36. The van der Waals surface area contributed by atoms with Crippen LogP contribution in [-0.2, 0) is 0 Å². The molecule has 1 aromatic rings. The van der Waals surface area contributed by atoms with Crippen LogP contribution in [0.3, 0.4) is 0 Å². The molecule has 1 unspecified atom stereocenters. The third-order valence-electron chi connectivity index (χ3n) is 4.33. The van der Waals surface area contributed by atoms with Gasteiger partial charge in [-0.2, -0.15) is 0 Å². The number of hydrogen-bond acceptors (Lipinski definition) is 5. The molecule has 5 nitrogen and oxygen atoms in total. The van der Waals surface area contributed by atoms with Crippen LogP contribution < -0.4 is 11.1 Å². The molecule has 20 heavy (non-hydrogen) atoms. The van der Waals surface area contributed by atoms with Crippen LogP contribution in [0.4, 0.5) is 11.6 Å². The highest BCUT2D eigenvalue weighted by molar-refractivity contribution is 5.45. The highest BCUT2D eigenvalue weighted by atomic mass is 15.2. The molecular formula is C15H25N5. The summed E-state index contributed by atoms with van der Waals surface area (Å²) in [5.74, 6) is 3.64. The van der Waals surface area contributed by atoms with Crippen molar-refractivity contribution in [2.75, 3.05) is 30.7 Å². The summed E-state index contributed by atoms with van der Waals surface area (Å²) in [5, 5.41) is 3.45. The lowest BCUT2D eigenvalue weighted by Gasteiger charge is -2.20. The van der Waals surface area contributed by atoms with E-state index >= 15 is 0 Å². The number of aromatic nitrogens is 2. The van der Waals surface area contributed by atoms with E-state index in [2.05, 4.69) is 34.0 Å². The number of rotatable bonds is 5. The molecule has 2 fully saturated rings. The van der Waals surface area contributed by atoms with Gasteiger partial charge in [-0.3, -0.25) is 0 Å². The maximum Gasteiger partial charge on any atom is 0.136 e. The molecule has 2 aliphatic rings. The number of nitrogens with one attached hydrogen (secondary N) is 1. The fraction of sp³-hybridized carbons (Fsp3) is 0.733. The van der Waals surface area contributed by atoms with E-state index < -0.39 is 0 Å². The van der Waals surface area contributed by atoms with E-state index in [0.29, 0.717) is 23.7 Å². The lowest BCUT2D eigenvalue weighted by atomic mass is 10.1. The topological polar surface area (TPSA) is 67.1 Å². The van der Waals surface area contributed by atoms with E-state index in [1.807, 2.05) is 6.07 Å². The zero-order chi connectivity index (χ0) is 14.1. The first-order chi connectivity index (χ1) is 9.61. The van der Waals surface area contributed by atoms with E-state index in [1.54, 1.807) is 0 Å². The average molecular weight is 275 g/mol. The molecule has 1 aliphatic carbocycles. The van der Waals surface area contributed by atoms with E-state index in [0.717, 1.165) is 18.2 Å². The molecule has 0 amide bonds. The molecule has 3 rings (SSSR count). The lowest BCUT2D eigenvalue weighted by molar-refractivity contribution is 0.266. The highest BCUT2D eigenvalue weighted by Gasteiger charge is 2.27. The molecule has 5 heteroatoms. The van der Waals surface area contributed by atoms with Crippen LogP contribution in [0.2, 0.25) is 0 Å². The maximum absolute atomic E-state index is 5.87. The minimum Gasteiger partial charge on any atom is -0.384 e. The molecule has 1 atom stereocenters. The van der Waals surface area contributed by atoms with Crippen molar-refractivity contribution in [2.45, 2.75) is 45.1 Å². The van der Waals surface area contributed by atoms with Gasteiger partial charge in [-0.25, -0.2) is 9.97 Å². The van der Waals surface area contributed by atoms with Gasteiger partial charge in [0.15, 0.2) is 0 Å². The van der Waals surface area contributed by atoms with Crippen LogP contribution in [0.25, 0.3) is 0 Å². The summed E-state index contributed by atoms with van der Waals surface area (Å²) in [6.45, 7) is 7.90. The van der Waals surface area contributed by atoms with E-state index in [-0.39, 0.29) is 0 Å². The Bertz CT molecular complexity index is 469. The van der Waals surface area contributed by atoms with Crippen LogP contribution in [0.5, 0.6) is 0 Å². The number of nitrogens with two attached hydrogens (primary N) is 1. The number of anilines is 2. The van der Waals surface area contributed by atoms with Crippen molar-refractivity contribution in [1.29, 1.82) is 0 Å².